The molecule has 1 amide bonds. The largest absolute Gasteiger partial charge is 0.508 e. The van der Waals surface area contributed by atoms with E-state index in [1.165, 1.54) is 36.2 Å². The van der Waals surface area contributed by atoms with Gasteiger partial charge >= 0.3 is 0 Å². The molecule has 3 aromatic rings. The second-order valence-corrected chi connectivity index (χ2v) is 7.28. The number of hydrazone groups is 1. The van der Waals surface area contributed by atoms with Crippen molar-refractivity contribution in [3.05, 3.63) is 52.5 Å². The van der Waals surface area contributed by atoms with Crippen molar-refractivity contribution >= 4 is 51.4 Å². The van der Waals surface area contributed by atoms with Gasteiger partial charge < -0.3 is 15.5 Å². The van der Waals surface area contributed by atoms with Crippen LogP contribution >= 0.6 is 27.7 Å². The van der Waals surface area contributed by atoms with Crippen LogP contribution in [0.3, 0.4) is 0 Å². The number of carbonyl (C=O) groups is 1. The summed E-state index contributed by atoms with van der Waals surface area (Å²) in [5, 5.41) is 32.7. The molecule has 0 bridgehead atoms. The molecule has 9 nitrogen and oxygen atoms in total. The first-order valence-corrected chi connectivity index (χ1v) is 9.69. The Balaban J connectivity index is 1.47. The fourth-order valence-electron chi connectivity index (χ4n) is 2.03. The van der Waals surface area contributed by atoms with Gasteiger partial charge in [0.15, 0.2) is 0 Å². The molecule has 2 aromatic carbocycles. The molecule has 1 heterocycles. The van der Waals surface area contributed by atoms with Crippen LogP contribution in [-0.2, 0) is 4.79 Å². The second-order valence-electron chi connectivity index (χ2n) is 5.42. The molecular weight excluding hydrogens is 448 g/mol. The zero-order chi connectivity index (χ0) is 19.9. The molecule has 0 saturated carbocycles. The summed E-state index contributed by atoms with van der Waals surface area (Å²) in [7, 11) is 0. The summed E-state index contributed by atoms with van der Waals surface area (Å²) >= 11 is 4.51. The van der Waals surface area contributed by atoms with Crippen LogP contribution in [-0.4, -0.2) is 43.3 Å². The van der Waals surface area contributed by atoms with E-state index in [1.54, 1.807) is 12.1 Å². The van der Waals surface area contributed by atoms with Crippen molar-refractivity contribution in [3.8, 4) is 11.5 Å². The summed E-state index contributed by atoms with van der Waals surface area (Å²) < 4.78 is 0.934. The Kier molecular flexibility index (Phi) is 6.50. The third kappa shape index (κ3) is 5.72. The topological polar surface area (TPSA) is 136 Å². The number of nitrogens with one attached hydrogen (secondary N) is 3. The lowest BCUT2D eigenvalue weighted by Gasteiger charge is -2.03. The molecule has 0 aliphatic rings. The molecule has 3 rings (SSSR count). The van der Waals surface area contributed by atoms with E-state index in [2.05, 4.69) is 47.0 Å². The maximum Gasteiger partial charge on any atom is 0.240 e. The number of hydrogen-bond donors (Lipinski definition) is 5. The Morgan fingerprint density at radius 1 is 1.25 bits per heavy atom. The molecule has 0 spiro atoms. The van der Waals surface area contributed by atoms with Crippen LogP contribution in [0.5, 0.6) is 11.5 Å². The van der Waals surface area contributed by atoms with Crippen molar-refractivity contribution in [1.29, 1.82) is 0 Å². The molecule has 0 atom stereocenters. The standard InChI is InChI=1S/C17H15BrN6O3S/c18-11-2-4-12(5-3-11)20-15(27)9-28-17-21-16(23-24-17)22-19-8-10-1-6-13(25)7-14(10)26/h1-8,25-26H,9H2,(H,20,27)(H2,21,22,23,24)/b19-8-. The number of rotatable bonds is 7. The van der Waals surface area contributed by atoms with Crippen molar-refractivity contribution in [2.45, 2.75) is 5.16 Å². The average molecular weight is 463 g/mol. The first kappa shape index (κ1) is 19.7. The molecule has 11 heteroatoms. The summed E-state index contributed by atoms with van der Waals surface area (Å²) in [6.07, 6.45) is 1.37. The lowest BCUT2D eigenvalue weighted by atomic mass is 10.2. The number of aromatic amines is 1. The Hall–Kier alpha value is -3.05. The minimum absolute atomic E-state index is 0.0383. The molecule has 0 fully saturated rings. The van der Waals surface area contributed by atoms with Crippen LogP contribution in [0.2, 0.25) is 0 Å². The fraction of sp³-hybridized carbons (Fsp3) is 0.0588. The maximum absolute atomic E-state index is 12.0. The Bertz CT molecular complexity index is 993. The smallest absolute Gasteiger partial charge is 0.240 e. The number of thioether (sulfide) groups is 1. The summed E-state index contributed by atoms with van der Waals surface area (Å²) in [4.78, 5) is 16.1. The highest BCUT2D eigenvalue weighted by atomic mass is 79.9. The van der Waals surface area contributed by atoms with Gasteiger partial charge in [-0.05, 0) is 36.4 Å². The normalized spacial score (nSPS) is 10.9. The minimum atomic E-state index is -0.174. The zero-order valence-electron chi connectivity index (χ0n) is 14.3. The van der Waals surface area contributed by atoms with Crippen molar-refractivity contribution in [2.24, 2.45) is 5.10 Å². The summed E-state index contributed by atoms with van der Waals surface area (Å²) in [5.41, 5.74) is 3.76. The molecule has 0 aliphatic carbocycles. The SMILES string of the molecule is O=C(CSc1n[nH]c(N/N=C\c2ccc(O)cc2O)n1)Nc1ccc(Br)cc1. The number of hydrogen-bond acceptors (Lipinski definition) is 8. The highest BCUT2D eigenvalue weighted by Crippen LogP contribution is 2.21. The molecule has 0 unspecified atom stereocenters. The number of phenols is 2. The summed E-state index contributed by atoms with van der Waals surface area (Å²) in [5.74, 6) is 0.121. The number of aromatic nitrogens is 3. The van der Waals surface area contributed by atoms with E-state index < -0.39 is 0 Å². The predicted molar refractivity (Wildman–Crippen MR) is 111 cm³/mol. The van der Waals surface area contributed by atoms with Crippen LogP contribution in [0.15, 0.2) is 57.2 Å². The van der Waals surface area contributed by atoms with Crippen LogP contribution < -0.4 is 10.7 Å². The van der Waals surface area contributed by atoms with Gasteiger partial charge in [-0.1, -0.05) is 27.7 Å². The molecular formula is C17H15BrN6O3S. The van der Waals surface area contributed by atoms with Crippen LogP contribution in [0.25, 0.3) is 0 Å². The van der Waals surface area contributed by atoms with E-state index in [-0.39, 0.29) is 29.1 Å². The van der Waals surface area contributed by atoms with Gasteiger partial charge in [-0.3, -0.25) is 4.79 Å². The number of phenolic OH excluding ortho intramolecular Hbond substituents is 2. The average Bonchev–Trinajstić information content (AvgIpc) is 3.12. The van der Waals surface area contributed by atoms with E-state index in [9.17, 15) is 15.0 Å². The quantitative estimate of drug-likeness (QED) is 0.206. The monoisotopic (exact) mass is 462 g/mol. The number of carbonyl (C=O) groups excluding carboxylic acids is 1. The van der Waals surface area contributed by atoms with E-state index in [4.69, 9.17) is 0 Å². The molecule has 0 saturated heterocycles. The lowest BCUT2D eigenvalue weighted by molar-refractivity contribution is -0.113. The molecule has 144 valence electrons. The van der Waals surface area contributed by atoms with E-state index in [0.29, 0.717) is 16.4 Å². The zero-order valence-corrected chi connectivity index (χ0v) is 16.7. The van der Waals surface area contributed by atoms with Crippen molar-refractivity contribution in [2.75, 3.05) is 16.5 Å². The number of H-pyrrole nitrogens is 1. The highest BCUT2D eigenvalue weighted by molar-refractivity contribution is 9.10. The van der Waals surface area contributed by atoms with Gasteiger partial charge in [0.05, 0.1) is 12.0 Å². The third-order valence-corrected chi connectivity index (χ3v) is 4.69. The van der Waals surface area contributed by atoms with Crippen LogP contribution in [0.4, 0.5) is 11.6 Å². The molecule has 0 aliphatic heterocycles. The highest BCUT2D eigenvalue weighted by Gasteiger charge is 2.08. The van der Waals surface area contributed by atoms with Gasteiger partial charge in [-0.2, -0.15) is 10.1 Å². The number of amides is 1. The molecule has 5 N–H and O–H groups in total. The predicted octanol–water partition coefficient (Wildman–Crippen LogP) is 3.16. The Labute approximate surface area is 172 Å². The Morgan fingerprint density at radius 2 is 2.04 bits per heavy atom. The molecule has 1 aromatic heterocycles. The summed E-state index contributed by atoms with van der Waals surface area (Å²) in [6, 6.07) is 11.4. The van der Waals surface area contributed by atoms with Crippen LogP contribution in [0.1, 0.15) is 5.56 Å². The van der Waals surface area contributed by atoms with Gasteiger partial charge in [-0.25, -0.2) is 10.5 Å². The third-order valence-electron chi connectivity index (χ3n) is 3.31. The number of halogens is 1. The molecule has 28 heavy (non-hydrogen) atoms. The second kappa shape index (κ2) is 9.24. The minimum Gasteiger partial charge on any atom is -0.508 e. The lowest BCUT2D eigenvalue weighted by Crippen LogP contribution is -2.13. The number of anilines is 2. The van der Waals surface area contributed by atoms with Crippen molar-refractivity contribution in [1.82, 2.24) is 15.2 Å². The first-order chi connectivity index (χ1) is 13.5. The van der Waals surface area contributed by atoms with E-state index >= 15 is 0 Å². The van der Waals surface area contributed by atoms with Crippen molar-refractivity contribution < 1.29 is 15.0 Å². The van der Waals surface area contributed by atoms with Gasteiger partial charge in [-0.15, -0.1) is 5.10 Å². The fourth-order valence-corrected chi connectivity index (χ4v) is 2.89. The summed E-state index contributed by atoms with van der Waals surface area (Å²) in [6.45, 7) is 0. The maximum atomic E-state index is 12.0. The number of benzene rings is 2. The first-order valence-electron chi connectivity index (χ1n) is 7.91. The Morgan fingerprint density at radius 3 is 2.79 bits per heavy atom. The van der Waals surface area contributed by atoms with Gasteiger partial charge in [0.2, 0.25) is 17.0 Å². The van der Waals surface area contributed by atoms with Crippen molar-refractivity contribution in [3.63, 3.8) is 0 Å². The van der Waals surface area contributed by atoms with Gasteiger partial charge in [0.1, 0.15) is 11.5 Å². The van der Waals surface area contributed by atoms with Gasteiger partial charge in [0, 0.05) is 21.8 Å². The van der Waals surface area contributed by atoms with Crippen LogP contribution in [0, 0.1) is 0 Å². The van der Waals surface area contributed by atoms with E-state index in [0.717, 1.165) is 4.47 Å². The molecule has 0 radical (unpaired) electrons. The number of aromatic hydroxyl groups is 2. The van der Waals surface area contributed by atoms with Gasteiger partial charge in [0.25, 0.3) is 0 Å². The van der Waals surface area contributed by atoms with E-state index in [1.807, 2.05) is 12.1 Å². The number of nitrogens with zero attached hydrogens (tertiary/aromatic N) is 3.